The van der Waals surface area contributed by atoms with Crippen LogP contribution in [0.15, 0.2) is 76.8 Å². The lowest BCUT2D eigenvalue weighted by Crippen LogP contribution is -2.38. The van der Waals surface area contributed by atoms with Crippen molar-refractivity contribution in [3.05, 3.63) is 88.4 Å². The fourth-order valence-corrected chi connectivity index (χ4v) is 6.91. The predicted molar refractivity (Wildman–Crippen MR) is 180 cm³/mol. The molecule has 15 heteroatoms. The van der Waals surface area contributed by atoms with Gasteiger partial charge >= 0.3 is 6.09 Å². The number of hydrogen-bond acceptors (Lipinski definition) is 10. The van der Waals surface area contributed by atoms with Gasteiger partial charge in [-0.05, 0) is 75.2 Å². The molecule has 4 aromatic rings. The Labute approximate surface area is 277 Å². The summed E-state index contributed by atoms with van der Waals surface area (Å²) in [7, 11) is -1.06. The van der Waals surface area contributed by atoms with Gasteiger partial charge in [0.2, 0.25) is 10.0 Å². The van der Waals surface area contributed by atoms with Crippen molar-refractivity contribution in [2.24, 2.45) is 10.9 Å². The maximum absolute atomic E-state index is 13.8. The second-order valence-corrected chi connectivity index (χ2v) is 14.4. The smallest absolute Gasteiger partial charge is 0.407 e. The summed E-state index contributed by atoms with van der Waals surface area (Å²) >= 11 is 1.32. The van der Waals surface area contributed by atoms with E-state index in [9.17, 15) is 18.0 Å². The van der Waals surface area contributed by atoms with Crippen molar-refractivity contribution in [1.29, 1.82) is 0 Å². The molecule has 3 aromatic carbocycles. The molecule has 4 rings (SSSR count). The molecule has 0 aliphatic heterocycles. The molecule has 2 amide bonds. The van der Waals surface area contributed by atoms with Gasteiger partial charge in [-0.2, -0.15) is 0 Å². The van der Waals surface area contributed by atoms with Gasteiger partial charge < -0.3 is 30.6 Å². The number of benzene rings is 3. The summed E-state index contributed by atoms with van der Waals surface area (Å²) in [6.45, 7) is 5.56. The zero-order valence-corrected chi connectivity index (χ0v) is 28.3. The first kappa shape index (κ1) is 35.1. The van der Waals surface area contributed by atoms with Crippen LogP contribution in [0.3, 0.4) is 0 Å². The van der Waals surface area contributed by atoms with Crippen LogP contribution < -0.4 is 20.5 Å². The van der Waals surface area contributed by atoms with Crippen molar-refractivity contribution in [3.63, 3.8) is 0 Å². The number of nitrogens with one attached hydrogen (secondary N) is 2. The minimum atomic E-state index is -4.18. The van der Waals surface area contributed by atoms with Crippen LogP contribution in [0.4, 0.5) is 4.79 Å². The number of carbonyl (C=O) groups excluding carboxylic acids is 2. The van der Waals surface area contributed by atoms with E-state index in [1.165, 1.54) is 40.5 Å². The quantitative estimate of drug-likeness (QED) is 0.0734. The molecule has 47 heavy (non-hydrogen) atoms. The molecule has 1 aromatic heterocycles. The van der Waals surface area contributed by atoms with Gasteiger partial charge in [0.05, 0.1) is 28.3 Å². The second kappa shape index (κ2) is 14.8. The van der Waals surface area contributed by atoms with E-state index in [1.807, 2.05) is 6.07 Å². The number of carbonyl (C=O) groups is 2. The molecule has 0 aliphatic rings. The third-order valence-corrected chi connectivity index (χ3v) is 9.43. The molecule has 0 bridgehead atoms. The average molecular weight is 683 g/mol. The van der Waals surface area contributed by atoms with E-state index >= 15 is 0 Å². The number of likely N-dealkylation sites (N-methyl/N-ethyl adjacent to an activating group) is 1. The van der Waals surface area contributed by atoms with Crippen LogP contribution in [0.5, 0.6) is 5.75 Å². The lowest BCUT2D eigenvalue weighted by atomic mass is 10.0. The molecule has 0 saturated heterocycles. The number of alkyl carbamates (subject to hydrolysis) is 1. The van der Waals surface area contributed by atoms with Gasteiger partial charge in [0, 0.05) is 31.3 Å². The van der Waals surface area contributed by atoms with E-state index in [0.717, 1.165) is 4.70 Å². The number of hydrogen-bond donors (Lipinski definition) is 4. The number of ether oxygens (including phenoxy) is 2. The number of fused-ring (bicyclic) bond motifs is 1. The second-order valence-electron chi connectivity index (χ2n) is 11.6. The van der Waals surface area contributed by atoms with Crippen LogP contribution in [0.2, 0.25) is 0 Å². The standard InChI is InChI=1S/C32H38N6O7S2/c1-32(2,3)45-31(40)34-14-15-38(4)30(39)22-10-7-11-24(18-22)47(42,43)37-26(17-20-8-6-9-21(16-20)28(33)36-41)29-35-25-13-12-23(44-5)19-27(25)46-29/h6-13,16,18-19,26,37,41H,14-15,17H2,1-5H3,(H2,33,36)(H,34,40). The number of amidine groups is 1. The molecule has 1 heterocycles. The van der Waals surface area contributed by atoms with Crippen molar-refractivity contribution < 1.29 is 32.7 Å². The van der Waals surface area contributed by atoms with Crippen LogP contribution in [-0.4, -0.2) is 74.2 Å². The number of sulfonamides is 1. The lowest BCUT2D eigenvalue weighted by Gasteiger charge is -2.21. The Morgan fingerprint density at radius 1 is 1.09 bits per heavy atom. The van der Waals surface area contributed by atoms with Gasteiger partial charge in [0.25, 0.3) is 5.91 Å². The third-order valence-electron chi connectivity index (χ3n) is 6.83. The Balaban J connectivity index is 1.58. The number of thiazole rings is 1. The van der Waals surface area contributed by atoms with Crippen LogP contribution >= 0.6 is 11.3 Å². The summed E-state index contributed by atoms with van der Waals surface area (Å²) in [5.41, 5.74) is 7.15. The molecule has 0 saturated carbocycles. The molecule has 1 unspecified atom stereocenters. The van der Waals surface area contributed by atoms with E-state index in [4.69, 9.17) is 25.4 Å². The first-order chi connectivity index (χ1) is 22.2. The van der Waals surface area contributed by atoms with E-state index in [2.05, 4.69) is 15.2 Å². The molecule has 0 spiro atoms. The fourth-order valence-electron chi connectivity index (χ4n) is 4.54. The number of oxime groups is 1. The van der Waals surface area contributed by atoms with Crippen LogP contribution in [0.1, 0.15) is 53.3 Å². The van der Waals surface area contributed by atoms with Crippen LogP contribution in [-0.2, 0) is 21.2 Å². The number of nitrogens with zero attached hydrogens (tertiary/aromatic N) is 3. The maximum atomic E-state index is 13.8. The monoisotopic (exact) mass is 682 g/mol. The Hall–Kier alpha value is -4.73. The molecule has 250 valence electrons. The zero-order chi connectivity index (χ0) is 34.4. The summed E-state index contributed by atoms with van der Waals surface area (Å²) in [5.74, 6) is 0.135. The number of amides is 2. The Morgan fingerprint density at radius 3 is 2.51 bits per heavy atom. The number of aromatic nitrogens is 1. The van der Waals surface area contributed by atoms with Gasteiger partial charge in [0.1, 0.15) is 16.4 Å². The summed E-state index contributed by atoms with van der Waals surface area (Å²) in [4.78, 5) is 31.1. The minimum absolute atomic E-state index is 0.0804. The molecule has 0 radical (unpaired) electrons. The number of rotatable bonds is 12. The SMILES string of the molecule is COc1ccc2nc(C(Cc3cccc(C(N)=NO)c3)NS(=O)(=O)c3cccc(C(=O)N(C)CCNC(=O)OC(C)(C)C)c3)sc2c1. The van der Waals surface area contributed by atoms with Crippen molar-refractivity contribution in [3.8, 4) is 5.75 Å². The van der Waals surface area contributed by atoms with Gasteiger partial charge in [-0.15, -0.1) is 11.3 Å². The normalized spacial score (nSPS) is 12.8. The fraction of sp³-hybridized carbons (Fsp3) is 0.312. The summed E-state index contributed by atoms with van der Waals surface area (Å²) in [5, 5.41) is 15.3. The summed E-state index contributed by atoms with van der Waals surface area (Å²) in [6, 6.07) is 17.2. The van der Waals surface area contributed by atoms with E-state index < -0.39 is 33.7 Å². The Kier molecular flexibility index (Phi) is 11.1. The van der Waals surface area contributed by atoms with Gasteiger partial charge in [-0.3, -0.25) is 4.79 Å². The van der Waals surface area contributed by atoms with E-state index in [0.29, 0.717) is 27.4 Å². The molecule has 5 N–H and O–H groups in total. The highest BCUT2D eigenvalue weighted by molar-refractivity contribution is 7.89. The van der Waals surface area contributed by atoms with Crippen molar-refractivity contribution in [2.45, 2.75) is 43.7 Å². The van der Waals surface area contributed by atoms with Gasteiger partial charge in [0.15, 0.2) is 5.84 Å². The summed E-state index contributed by atoms with van der Waals surface area (Å²) in [6.07, 6.45) is -0.412. The highest BCUT2D eigenvalue weighted by atomic mass is 32.2. The highest BCUT2D eigenvalue weighted by Crippen LogP contribution is 2.32. The lowest BCUT2D eigenvalue weighted by molar-refractivity contribution is 0.0517. The predicted octanol–water partition coefficient (Wildman–Crippen LogP) is 4.26. The largest absolute Gasteiger partial charge is 0.497 e. The van der Waals surface area contributed by atoms with Crippen molar-refractivity contribution in [2.75, 3.05) is 27.2 Å². The first-order valence-electron chi connectivity index (χ1n) is 14.5. The van der Waals surface area contributed by atoms with Crippen LogP contribution in [0.25, 0.3) is 10.2 Å². The highest BCUT2D eigenvalue weighted by Gasteiger charge is 2.26. The van der Waals surface area contributed by atoms with E-state index in [1.54, 1.807) is 71.3 Å². The molecular formula is C32H38N6O7S2. The molecule has 13 nitrogen and oxygen atoms in total. The van der Waals surface area contributed by atoms with Gasteiger partial charge in [-0.1, -0.05) is 29.4 Å². The first-order valence-corrected chi connectivity index (χ1v) is 16.8. The average Bonchev–Trinajstić information content (AvgIpc) is 3.46. The third kappa shape index (κ3) is 9.40. The topological polar surface area (TPSA) is 186 Å². The molecule has 0 aliphatic carbocycles. The molecule has 1 atom stereocenters. The van der Waals surface area contributed by atoms with E-state index in [-0.39, 0.29) is 35.8 Å². The Morgan fingerprint density at radius 2 is 1.81 bits per heavy atom. The molecular weight excluding hydrogens is 645 g/mol. The zero-order valence-electron chi connectivity index (χ0n) is 26.7. The van der Waals surface area contributed by atoms with Gasteiger partial charge in [-0.25, -0.2) is 22.9 Å². The molecule has 0 fully saturated rings. The minimum Gasteiger partial charge on any atom is -0.497 e. The van der Waals surface area contributed by atoms with Crippen LogP contribution in [0, 0.1) is 0 Å². The van der Waals surface area contributed by atoms with Crippen molar-refractivity contribution in [1.82, 2.24) is 19.9 Å². The summed E-state index contributed by atoms with van der Waals surface area (Å²) < 4.78 is 41.8. The Bertz CT molecular complexity index is 1890. The van der Waals surface area contributed by atoms with Crippen molar-refractivity contribution >= 4 is 49.4 Å². The maximum Gasteiger partial charge on any atom is 0.407 e. The number of nitrogens with two attached hydrogens (primary N) is 1. The number of methoxy groups -OCH3 is 1.